The maximum Gasteiger partial charge on any atom is 1.00 e. The van der Waals surface area contributed by atoms with Crippen molar-refractivity contribution in [3.8, 4) is 17.1 Å². The van der Waals surface area contributed by atoms with Crippen molar-refractivity contribution in [2.24, 2.45) is 0 Å². The summed E-state index contributed by atoms with van der Waals surface area (Å²) in [6, 6.07) is 19.7. The number of aliphatic hydroxyl groups excluding tert-OH is 1. The average molecular weight is 1240 g/mol. The number of aromatic carboxylic acids is 2. The monoisotopic (exact) mass is 1230 g/mol. The molecule has 3 heterocycles. The summed E-state index contributed by atoms with van der Waals surface area (Å²) in [5.41, 5.74) is -0.0821. The summed E-state index contributed by atoms with van der Waals surface area (Å²) < 4.78 is 59.3. The van der Waals surface area contributed by atoms with E-state index in [1.165, 1.54) is 119 Å². The summed E-state index contributed by atoms with van der Waals surface area (Å²) in [5, 5.41) is 25.6. The molecule has 0 radical (unpaired) electrons. The summed E-state index contributed by atoms with van der Waals surface area (Å²) in [5.74, 6) is -4.66. The van der Waals surface area contributed by atoms with Crippen LogP contribution in [0.3, 0.4) is 0 Å². The Morgan fingerprint density at radius 3 is 1.10 bits per heavy atom. The summed E-state index contributed by atoms with van der Waals surface area (Å²) >= 11 is 13.1. The summed E-state index contributed by atoms with van der Waals surface area (Å²) in [6.45, 7) is 2.02. The van der Waals surface area contributed by atoms with E-state index in [-0.39, 0.29) is 71.8 Å². The zero-order valence-corrected chi connectivity index (χ0v) is 43.8. The zero-order chi connectivity index (χ0) is 49.4. The molecule has 0 aliphatic carbocycles. The number of carbonyl (C=O) groups is 3. The molecule has 0 aliphatic rings. The van der Waals surface area contributed by atoms with Crippen LogP contribution in [0.4, 0.5) is 13.2 Å². The van der Waals surface area contributed by atoms with Gasteiger partial charge >= 0.3 is 36.8 Å². The number of pyridine rings is 3. The first-order chi connectivity index (χ1) is 31.4. The van der Waals surface area contributed by atoms with E-state index in [9.17, 15) is 41.9 Å². The van der Waals surface area contributed by atoms with Gasteiger partial charge in [0.2, 0.25) is 0 Å². The van der Waals surface area contributed by atoms with Gasteiger partial charge in [-0.2, -0.15) is 0 Å². The van der Waals surface area contributed by atoms with Gasteiger partial charge in [-0.1, -0.05) is 15.9 Å². The maximum atomic E-state index is 13.1. The fourth-order valence-electron chi connectivity index (χ4n) is 5.78. The van der Waals surface area contributed by atoms with Crippen molar-refractivity contribution in [1.29, 1.82) is 0 Å². The number of hydrogen-bond acceptors (Lipinski definition) is 11. The van der Waals surface area contributed by atoms with Crippen molar-refractivity contribution < 1.29 is 92.4 Å². The third-order valence-corrected chi connectivity index (χ3v) is 11.2. The number of halogens is 7. The van der Waals surface area contributed by atoms with Gasteiger partial charge in [-0.3, -0.25) is 28.1 Å². The number of aliphatic hydroxyl groups is 1. The van der Waals surface area contributed by atoms with Gasteiger partial charge in [0.05, 0.1) is 36.9 Å². The number of aromatic nitrogens is 3. The molecule has 0 unspecified atom stereocenters. The smallest absolute Gasteiger partial charge is 0.870 e. The predicted octanol–water partition coefficient (Wildman–Crippen LogP) is 3.76. The quantitative estimate of drug-likeness (QED) is 0.0895. The minimum Gasteiger partial charge on any atom is -0.870 e. The fourth-order valence-corrected chi connectivity index (χ4v) is 8.30. The Morgan fingerprint density at radius 2 is 0.829 bits per heavy atom. The maximum absolute atomic E-state index is 13.1. The van der Waals surface area contributed by atoms with Crippen LogP contribution in [0.2, 0.25) is 0 Å². The molecule has 0 atom stereocenters. The molecule has 0 aliphatic heterocycles. The molecule has 0 amide bonds. The molecule has 0 spiro atoms. The first-order valence-electron chi connectivity index (χ1n) is 18.6. The number of carboxylic acids is 2. The van der Waals surface area contributed by atoms with Gasteiger partial charge < -0.3 is 46.0 Å². The van der Waals surface area contributed by atoms with Crippen molar-refractivity contribution in [2.45, 2.75) is 25.5 Å². The Morgan fingerprint density at radius 1 is 0.557 bits per heavy atom. The zero-order valence-electron chi connectivity index (χ0n) is 37.4. The SMILES string of the molecule is CCOC(=O)c1cc(Br)c(CBr)n(-c2ccc(F)cc2)c1=O.CO.COCc1c(Br)cc(C(=O)O)c(=O)n1-c1ccc(F)cc1.COCc1c(Br)cc(C(=O)O)c(=O)n1-c1ccc(F)cc1.O.O.[Li+].[OH-]. The molecule has 6 aromatic rings. The van der Waals surface area contributed by atoms with Gasteiger partial charge in [0.1, 0.15) is 34.1 Å². The van der Waals surface area contributed by atoms with Gasteiger partial charge in [0, 0.05) is 57.1 Å². The van der Waals surface area contributed by atoms with Gasteiger partial charge in [0.25, 0.3) is 16.7 Å². The topological polar surface area (TPSA) is 299 Å². The summed E-state index contributed by atoms with van der Waals surface area (Å²) in [6.07, 6.45) is 0. The van der Waals surface area contributed by atoms with Gasteiger partial charge in [0.15, 0.2) is 0 Å². The molecule has 374 valence electrons. The van der Waals surface area contributed by atoms with E-state index in [0.29, 0.717) is 52.9 Å². The van der Waals surface area contributed by atoms with Gasteiger partial charge in [-0.05, 0) is 146 Å². The number of carbonyl (C=O) groups excluding carboxylic acids is 1. The molecule has 0 saturated heterocycles. The molecule has 6 rings (SSSR count). The first kappa shape index (κ1) is 67.1. The number of nitrogens with zero attached hydrogens (tertiary/aromatic N) is 3. The van der Waals surface area contributed by atoms with E-state index < -0.39 is 52.0 Å². The largest absolute Gasteiger partial charge is 1.00 e. The van der Waals surface area contributed by atoms with E-state index in [1.54, 1.807) is 6.92 Å². The Balaban J connectivity index is 0. The minimum absolute atomic E-state index is 0. The van der Waals surface area contributed by atoms with Crippen LogP contribution >= 0.6 is 63.7 Å². The molecule has 26 heteroatoms. The second-order valence-corrected chi connectivity index (χ2v) is 15.9. The molecule has 0 fully saturated rings. The molecule has 70 heavy (non-hydrogen) atoms. The Hall–Kier alpha value is -5.01. The van der Waals surface area contributed by atoms with Crippen molar-refractivity contribution in [2.75, 3.05) is 27.9 Å². The number of esters is 1. The van der Waals surface area contributed by atoms with Crippen molar-refractivity contribution in [1.82, 2.24) is 13.7 Å². The Kier molecular flexibility index (Phi) is 30.7. The molecule has 18 nitrogen and oxygen atoms in total. The molecule has 0 saturated carbocycles. The van der Waals surface area contributed by atoms with Crippen LogP contribution in [0.15, 0.2) is 119 Å². The molecular formula is C44H43Br4F3LiN3O15. The fraction of sp³-hybridized carbons (Fsp3) is 0.182. The van der Waals surface area contributed by atoms with Crippen molar-refractivity contribution in [3.05, 3.63) is 187 Å². The van der Waals surface area contributed by atoms with Crippen LogP contribution in [-0.4, -0.2) is 91.3 Å². The normalized spacial score (nSPS) is 9.77. The molecule has 8 N–H and O–H groups in total. The van der Waals surface area contributed by atoms with E-state index in [0.717, 1.165) is 7.11 Å². The Bertz CT molecular complexity index is 2740. The third-order valence-electron chi connectivity index (χ3n) is 8.65. The van der Waals surface area contributed by atoms with Crippen LogP contribution in [0, 0.1) is 17.5 Å². The number of alkyl halides is 1. The van der Waals surface area contributed by atoms with Gasteiger partial charge in [-0.25, -0.2) is 27.6 Å². The van der Waals surface area contributed by atoms with Crippen molar-refractivity contribution >= 4 is 81.6 Å². The van der Waals surface area contributed by atoms with Crippen molar-refractivity contribution in [3.63, 3.8) is 0 Å². The van der Waals surface area contributed by atoms with E-state index in [1.807, 2.05) is 0 Å². The summed E-state index contributed by atoms with van der Waals surface area (Å²) in [4.78, 5) is 71.6. The molecular weight excluding hydrogens is 1190 g/mol. The van der Waals surface area contributed by atoms with Crippen LogP contribution in [0.25, 0.3) is 17.1 Å². The molecule has 3 aromatic carbocycles. The van der Waals surface area contributed by atoms with E-state index in [2.05, 4.69) is 63.7 Å². The number of hydrogen-bond donors (Lipinski definition) is 3. The van der Waals surface area contributed by atoms with Crippen LogP contribution in [0.5, 0.6) is 0 Å². The predicted molar refractivity (Wildman–Crippen MR) is 260 cm³/mol. The Labute approximate surface area is 441 Å². The number of methoxy groups -OCH3 is 2. The average Bonchev–Trinajstić information content (AvgIpc) is 3.29. The second-order valence-electron chi connectivity index (χ2n) is 12.7. The molecule has 3 aromatic heterocycles. The second kappa shape index (κ2) is 32.1. The number of ether oxygens (including phenoxy) is 3. The number of carboxylic acid groups (broad SMARTS) is 2. The van der Waals surface area contributed by atoms with Crippen LogP contribution < -0.4 is 35.5 Å². The van der Waals surface area contributed by atoms with E-state index >= 15 is 0 Å². The molecule has 0 bridgehead atoms. The van der Waals surface area contributed by atoms with Crippen LogP contribution in [0.1, 0.15) is 55.1 Å². The summed E-state index contributed by atoms with van der Waals surface area (Å²) in [7, 11) is 3.91. The standard InChI is InChI=1S/C15H12Br2FNO3.2C14H11BrFNO4.CH4O.Li.3H2O/c1-2-22-15(21)11-7-12(17)13(8-16)19(14(11)20)10-5-3-9(18)4-6-10;2*1-21-7-12-11(15)6-10(14(19)20)13(18)17(12)9-4-2-8(16)3-5-9;1-2;;;;/h3-7H,2,8H2,1H3;2*2-6H,7H2,1H3,(H,19,20);2H,1H3;;3*1H2/q;;;;+1;;;/p-1. The number of benzene rings is 3. The third kappa shape index (κ3) is 16.8. The number of rotatable bonds is 12. The van der Waals surface area contributed by atoms with E-state index in [4.69, 9.17) is 29.5 Å². The van der Waals surface area contributed by atoms with Crippen LogP contribution in [-0.2, 0) is 32.8 Å². The minimum atomic E-state index is -1.33. The first-order valence-corrected chi connectivity index (χ1v) is 22.1. The van der Waals surface area contributed by atoms with Gasteiger partial charge in [-0.15, -0.1) is 0 Å².